The minimum atomic E-state index is -0.00000129. The van der Waals surface area contributed by atoms with Crippen LogP contribution in [0.1, 0.15) is 48.9 Å². The smallest absolute Gasteiger partial charge is 0.272 e. The Morgan fingerprint density at radius 1 is 1.43 bits per heavy atom. The number of piperidine rings is 1. The highest BCUT2D eigenvalue weighted by Gasteiger charge is 2.27. The Morgan fingerprint density at radius 2 is 2.35 bits per heavy atom. The van der Waals surface area contributed by atoms with Crippen molar-refractivity contribution >= 4 is 11.9 Å². The first-order valence-corrected chi connectivity index (χ1v) is 8.18. The van der Waals surface area contributed by atoms with Gasteiger partial charge in [0.1, 0.15) is 11.5 Å². The van der Waals surface area contributed by atoms with Crippen molar-refractivity contribution < 1.29 is 9.21 Å². The van der Waals surface area contributed by atoms with E-state index in [0.29, 0.717) is 24.2 Å². The molecule has 122 valence electrons. The maximum absolute atomic E-state index is 12.7. The number of hydrogen-bond donors (Lipinski definition) is 1. The molecule has 23 heavy (non-hydrogen) atoms. The van der Waals surface area contributed by atoms with Crippen LogP contribution in [0.15, 0.2) is 35.1 Å². The van der Waals surface area contributed by atoms with Gasteiger partial charge in [-0.15, -0.1) is 0 Å². The Bertz CT molecular complexity index is 642. The van der Waals surface area contributed by atoms with Gasteiger partial charge in [-0.2, -0.15) is 0 Å². The molecule has 1 amide bonds. The summed E-state index contributed by atoms with van der Waals surface area (Å²) in [5.74, 6) is 1.24. The summed E-state index contributed by atoms with van der Waals surface area (Å²) >= 11 is 0. The van der Waals surface area contributed by atoms with Gasteiger partial charge in [0, 0.05) is 18.8 Å². The van der Waals surface area contributed by atoms with Crippen molar-refractivity contribution in [1.82, 2.24) is 14.9 Å². The predicted molar refractivity (Wildman–Crippen MR) is 87.0 cm³/mol. The molecule has 0 bridgehead atoms. The average molecular weight is 314 g/mol. The summed E-state index contributed by atoms with van der Waals surface area (Å²) in [6.07, 6.45) is 7.57. The van der Waals surface area contributed by atoms with Crippen molar-refractivity contribution in [2.24, 2.45) is 0 Å². The zero-order chi connectivity index (χ0) is 16.1. The number of hydrogen-bond acceptors (Lipinski definition) is 5. The molecule has 1 unspecified atom stereocenters. The molecule has 3 heterocycles. The fraction of sp³-hybridized carbons (Fsp3) is 0.471. The Kier molecular flexibility index (Phi) is 4.90. The van der Waals surface area contributed by atoms with Crippen LogP contribution in [0.4, 0.5) is 5.95 Å². The highest BCUT2D eigenvalue weighted by Crippen LogP contribution is 2.21. The van der Waals surface area contributed by atoms with E-state index in [1.807, 2.05) is 17.0 Å². The number of anilines is 1. The summed E-state index contributed by atoms with van der Waals surface area (Å²) in [6, 6.07) is 5.72. The van der Waals surface area contributed by atoms with Gasteiger partial charge in [-0.05, 0) is 43.9 Å². The number of likely N-dealkylation sites (tertiary alicyclic amines) is 1. The maximum atomic E-state index is 12.7. The van der Waals surface area contributed by atoms with Crippen LogP contribution in [0.2, 0.25) is 0 Å². The molecule has 1 aliphatic rings. The lowest BCUT2D eigenvalue weighted by molar-refractivity contribution is 0.0602. The van der Waals surface area contributed by atoms with Gasteiger partial charge in [-0.1, -0.05) is 6.92 Å². The van der Waals surface area contributed by atoms with Crippen LogP contribution in [0.5, 0.6) is 0 Å². The summed E-state index contributed by atoms with van der Waals surface area (Å²) < 4.78 is 5.26. The van der Waals surface area contributed by atoms with E-state index in [-0.39, 0.29) is 5.91 Å². The van der Waals surface area contributed by atoms with Crippen LogP contribution >= 0.6 is 0 Å². The molecule has 2 aromatic rings. The molecular weight excluding hydrogens is 292 g/mol. The van der Waals surface area contributed by atoms with E-state index in [9.17, 15) is 4.79 Å². The molecule has 0 aliphatic carbocycles. The van der Waals surface area contributed by atoms with E-state index in [4.69, 9.17) is 4.42 Å². The number of nitrogens with zero attached hydrogens (tertiary/aromatic N) is 3. The molecule has 2 aromatic heterocycles. The van der Waals surface area contributed by atoms with Crippen molar-refractivity contribution in [1.29, 1.82) is 0 Å². The Labute approximate surface area is 135 Å². The lowest BCUT2D eigenvalue weighted by Crippen LogP contribution is -2.43. The molecule has 0 aromatic carbocycles. The summed E-state index contributed by atoms with van der Waals surface area (Å²) in [5, 5.41) is 3.08. The zero-order valence-corrected chi connectivity index (χ0v) is 13.4. The van der Waals surface area contributed by atoms with Gasteiger partial charge in [0.2, 0.25) is 5.95 Å². The molecule has 3 rings (SSSR count). The molecular formula is C17H22N4O2. The lowest BCUT2D eigenvalue weighted by Gasteiger charge is -2.35. The fourth-order valence-corrected chi connectivity index (χ4v) is 2.98. The second-order valence-electron chi connectivity index (χ2n) is 5.75. The maximum Gasteiger partial charge on any atom is 0.272 e. The van der Waals surface area contributed by atoms with Crippen molar-refractivity contribution in [3.8, 4) is 0 Å². The number of carbonyl (C=O) groups is 1. The average Bonchev–Trinajstić information content (AvgIpc) is 3.13. The molecule has 1 N–H and O–H groups in total. The topological polar surface area (TPSA) is 71.3 Å². The summed E-state index contributed by atoms with van der Waals surface area (Å²) in [6.45, 7) is 3.44. The summed E-state index contributed by atoms with van der Waals surface area (Å²) in [5.41, 5.74) is 0.447. The zero-order valence-electron chi connectivity index (χ0n) is 13.4. The van der Waals surface area contributed by atoms with Gasteiger partial charge >= 0.3 is 0 Å². The van der Waals surface area contributed by atoms with Crippen LogP contribution in [0.25, 0.3) is 0 Å². The van der Waals surface area contributed by atoms with E-state index in [0.717, 1.165) is 31.6 Å². The van der Waals surface area contributed by atoms with Gasteiger partial charge in [-0.25, -0.2) is 9.97 Å². The molecule has 1 saturated heterocycles. The van der Waals surface area contributed by atoms with Crippen LogP contribution < -0.4 is 5.32 Å². The molecule has 1 atom stereocenters. The Balaban J connectivity index is 1.69. The summed E-state index contributed by atoms with van der Waals surface area (Å²) in [7, 11) is 0. The van der Waals surface area contributed by atoms with E-state index in [1.165, 1.54) is 6.42 Å². The van der Waals surface area contributed by atoms with Crippen molar-refractivity contribution in [2.45, 2.75) is 45.2 Å². The lowest BCUT2D eigenvalue weighted by atomic mass is 9.99. The van der Waals surface area contributed by atoms with Crippen molar-refractivity contribution in [3.63, 3.8) is 0 Å². The first-order valence-electron chi connectivity index (χ1n) is 8.18. The first-order chi connectivity index (χ1) is 11.3. The number of nitrogens with one attached hydrogen (secondary N) is 1. The standard InChI is InChI=1S/C17H22N4O2/c1-2-13-6-3-4-10-21(13)16(22)15-8-9-18-17(20-15)19-12-14-7-5-11-23-14/h5,7-9,11,13H,2-4,6,10,12H2,1H3,(H,18,19,20). The molecule has 6 nitrogen and oxygen atoms in total. The Hall–Kier alpha value is -2.37. The first kappa shape index (κ1) is 15.5. The third kappa shape index (κ3) is 3.70. The second-order valence-corrected chi connectivity index (χ2v) is 5.75. The van der Waals surface area contributed by atoms with E-state index >= 15 is 0 Å². The number of carbonyl (C=O) groups excluding carboxylic acids is 1. The number of aromatic nitrogens is 2. The largest absolute Gasteiger partial charge is 0.467 e. The molecule has 0 saturated carbocycles. The second kappa shape index (κ2) is 7.26. The third-order valence-corrected chi connectivity index (χ3v) is 4.23. The highest BCUT2D eigenvalue weighted by molar-refractivity contribution is 5.92. The monoisotopic (exact) mass is 314 g/mol. The van der Waals surface area contributed by atoms with Crippen molar-refractivity contribution in [2.75, 3.05) is 11.9 Å². The summed E-state index contributed by atoms with van der Waals surface area (Å²) in [4.78, 5) is 23.2. The molecule has 0 spiro atoms. The number of furan rings is 1. The van der Waals surface area contributed by atoms with E-state index in [1.54, 1.807) is 18.5 Å². The van der Waals surface area contributed by atoms with E-state index in [2.05, 4.69) is 22.2 Å². The van der Waals surface area contributed by atoms with Crippen LogP contribution in [0, 0.1) is 0 Å². The SMILES string of the molecule is CCC1CCCCN1C(=O)c1ccnc(NCc2ccco2)n1. The number of amides is 1. The van der Waals surface area contributed by atoms with Crippen LogP contribution in [-0.2, 0) is 6.54 Å². The molecule has 0 radical (unpaired) electrons. The third-order valence-electron chi connectivity index (χ3n) is 4.23. The molecule has 1 aliphatic heterocycles. The molecule has 1 fully saturated rings. The Morgan fingerprint density at radius 3 is 3.13 bits per heavy atom. The highest BCUT2D eigenvalue weighted by atomic mass is 16.3. The van der Waals surface area contributed by atoms with E-state index < -0.39 is 0 Å². The van der Waals surface area contributed by atoms with Gasteiger partial charge in [0.25, 0.3) is 5.91 Å². The number of rotatable bonds is 5. The minimum absolute atomic E-state index is 0.00000129. The molecule has 6 heteroatoms. The fourth-order valence-electron chi connectivity index (χ4n) is 2.98. The van der Waals surface area contributed by atoms with Crippen LogP contribution in [0.3, 0.4) is 0 Å². The normalized spacial score (nSPS) is 18.0. The van der Waals surface area contributed by atoms with Gasteiger partial charge < -0.3 is 14.6 Å². The quantitative estimate of drug-likeness (QED) is 0.918. The van der Waals surface area contributed by atoms with Gasteiger partial charge in [0.05, 0.1) is 12.8 Å². The minimum Gasteiger partial charge on any atom is -0.467 e. The van der Waals surface area contributed by atoms with Crippen LogP contribution in [-0.4, -0.2) is 33.4 Å². The predicted octanol–water partition coefficient (Wildman–Crippen LogP) is 3.09. The van der Waals surface area contributed by atoms with Crippen molar-refractivity contribution in [3.05, 3.63) is 42.1 Å². The van der Waals surface area contributed by atoms with Gasteiger partial charge in [-0.3, -0.25) is 4.79 Å². The van der Waals surface area contributed by atoms with Gasteiger partial charge in [0.15, 0.2) is 0 Å².